The van der Waals surface area contributed by atoms with Crippen molar-refractivity contribution in [3.63, 3.8) is 0 Å². The van der Waals surface area contributed by atoms with Gasteiger partial charge in [-0.05, 0) is 29.0 Å². The average molecular weight is 364 g/mol. The molecule has 142 valence electrons. The van der Waals surface area contributed by atoms with Crippen molar-refractivity contribution >= 4 is 5.91 Å². The lowest BCUT2D eigenvalue weighted by Gasteiger charge is -2.24. The van der Waals surface area contributed by atoms with Crippen LogP contribution in [0.5, 0.6) is 0 Å². The van der Waals surface area contributed by atoms with E-state index in [0.29, 0.717) is 18.9 Å². The molecule has 1 atom stereocenters. The molecule has 0 aliphatic carbocycles. The molecule has 2 heterocycles. The van der Waals surface area contributed by atoms with E-state index in [2.05, 4.69) is 53.4 Å². The van der Waals surface area contributed by atoms with E-state index in [0.717, 1.165) is 45.8 Å². The minimum atomic E-state index is 0.271. The van der Waals surface area contributed by atoms with Gasteiger partial charge in [0.2, 0.25) is 5.91 Å². The number of nitrogens with zero attached hydrogens (tertiary/aromatic N) is 2. The van der Waals surface area contributed by atoms with Gasteiger partial charge in [0.05, 0.1) is 6.61 Å². The Bertz CT molecular complexity index is 739. The van der Waals surface area contributed by atoms with Crippen LogP contribution >= 0.6 is 0 Å². The monoisotopic (exact) mass is 364 g/mol. The number of carbonyl (C=O) groups is 1. The van der Waals surface area contributed by atoms with Gasteiger partial charge < -0.3 is 14.5 Å². The highest BCUT2D eigenvalue weighted by Crippen LogP contribution is 2.21. The van der Waals surface area contributed by atoms with Crippen molar-refractivity contribution in [2.24, 2.45) is 5.92 Å². The van der Waals surface area contributed by atoms with E-state index < -0.39 is 0 Å². The zero-order valence-electron chi connectivity index (χ0n) is 15.8. The van der Waals surface area contributed by atoms with Crippen LogP contribution in [0, 0.1) is 5.92 Å². The maximum atomic E-state index is 12.6. The normalized spacial score (nSPS) is 21.4. The van der Waals surface area contributed by atoms with Crippen LogP contribution < -0.4 is 0 Å². The van der Waals surface area contributed by atoms with E-state index >= 15 is 0 Å². The van der Waals surface area contributed by atoms with Gasteiger partial charge in [-0.3, -0.25) is 4.79 Å². The third kappa shape index (κ3) is 4.76. The topological polar surface area (TPSA) is 32.8 Å². The van der Waals surface area contributed by atoms with Gasteiger partial charge in [-0.25, -0.2) is 0 Å². The number of benzene rings is 2. The lowest BCUT2D eigenvalue weighted by molar-refractivity contribution is -0.130. The summed E-state index contributed by atoms with van der Waals surface area (Å²) in [6.07, 6.45) is 1.78. The van der Waals surface area contributed by atoms with Crippen molar-refractivity contribution in [1.82, 2.24) is 9.80 Å². The van der Waals surface area contributed by atoms with Gasteiger partial charge in [0.15, 0.2) is 0 Å². The first-order valence-corrected chi connectivity index (χ1v) is 10.0. The summed E-state index contributed by atoms with van der Waals surface area (Å²) in [6.45, 7) is 6.18. The fraction of sp³-hybridized carbons (Fsp3) is 0.435. The molecule has 2 aliphatic heterocycles. The molecule has 4 nitrogen and oxygen atoms in total. The molecule has 1 amide bonds. The molecule has 27 heavy (non-hydrogen) atoms. The van der Waals surface area contributed by atoms with E-state index in [4.69, 9.17) is 4.74 Å². The quantitative estimate of drug-likeness (QED) is 0.815. The van der Waals surface area contributed by atoms with Gasteiger partial charge >= 0.3 is 0 Å². The highest BCUT2D eigenvalue weighted by atomic mass is 16.5. The van der Waals surface area contributed by atoms with Crippen molar-refractivity contribution in [3.05, 3.63) is 60.2 Å². The number of hydrogen-bond donors (Lipinski definition) is 0. The molecule has 2 fully saturated rings. The first-order chi connectivity index (χ1) is 13.3. The summed E-state index contributed by atoms with van der Waals surface area (Å²) in [5.74, 6) is 0.907. The molecule has 0 aromatic heterocycles. The summed E-state index contributed by atoms with van der Waals surface area (Å²) in [5.41, 5.74) is 3.63. The molecule has 2 aromatic carbocycles. The van der Waals surface area contributed by atoms with Crippen LogP contribution in [0.4, 0.5) is 0 Å². The third-order valence-electron chi connectivity index (χ3n) is 5.66. The van der Waals surface area contributed by atoms with Crippen molar-refractivity contribution < 1.29 is 9.53 Å². The van der Waals surface area contributed by atoms with Crippen molar-refractivity contribution in [3.8, 4) is 11.1 Å². The Labute approximate surface area is 161 Å². The molecule has 0 saturated carbocycles. The van der Waals surface area contributed by atoms with Crippen molar-refractivity contribution in [1.29, 1.82) is 0 Å². The minimum Gasteiger partial charge on any atom is -0.381 e. The summed E-state index contributed by atoms with van der Waals surface area (Å²) >= 11 is 0. The SMILES string of the molecule is O=C1CCN(CC2CCOC2)CCN1Cc1ccc(-c2ccccc2)cc1. The van der Waals surface area contributed by atoms with Crippen LogP contribution in [0.25, 0.3) is 11.1 Å². The predicted molar refractivity (Wildman–Crippen MR) is 107 cm³/mol. The van der Waals surface area contributed by atoms with Gasteiger partial charge in [-0.2, -0.15) is 0 Å². The highest BCUT2D eigenvalue weighted by molar-refractivity contribution is 5.76. The molecular weight excluding hydrogens is 336 g/mol. The molecule has 0 N–H and O–H groups in total. The van der Waals surface area contributed by atoms with Gasteiger partial charge in [0.25, 0.3) is 0 Å². The number of carbonyl (C=O) groups excluding carboxylic acids is 1. The van der Waals surface area contributed by atoms with E-state index in [1.165, 1.54) is 16.7 Å². The third-order valence-corrected chi connectivity index (χ3v) is 5.66. The smallest absolute Gasteiger partial charge is 0.224 e. The van der Waals surface area contributed by atoms with Crippen molar-refractivity contribution in [2.75, 3.05) is 39.4 Å². The molecule has 2 aromatic rings. The molecule has 0 spiro atoms. The maximum Gasteiger partial charge on any atom is 0.224 e. The summed E-state index contributed by atoms with van der Waals surface area (Å²) in [7, 11) is 0. The van der Waals surface area contributed by atoms with Gasteiger partial charge in [0.1, 0.15) is 0 Å². The van der Waals surface area contributed by atoms with E-state index in [9.17, 15) is 4.79 Å². The highest BCUT2D eigenvalue weighted by Gasteiger charge is 2.24. The van der Waals surface area contributed by atoms with Gasteiger partial charge in [0, 0.05) is 45.8 Å². The van der Waals surface area contributed by atoms with Crippen LogP contribution in [0.1, 0.15) is 18.4 Å². The molecule has 2 saturated heterocycles. The first kappa shape index (κ1) is 18.2. The molecule has 4 rings (SSSR count). The summed E-state index contributed by atoms with van der Waals surface area (Å²) in [4.78, 5) is 17.0. The van der Waals surface area contributed by atoms with Crippen LogP contribution in [-0.2, 0) is 16.1 Å². The van der Waals surface area contributed by atoms with Gasteiger partial charge in [-0.1, -0.05) is 54.6 Å². The number of rotatable bonds is 5. The van der Waals surface area contributed by atoms with E-state index in [1.807, 2.05) is 11.0 Å². The second kappa shape index (κ2) is 8.68. The predicted octanol–water partition coefficient (Wildman–Crippen LogP) is 3.42. The molecule has 0 bridgehead atoms. The first-order valence-electron chi connectivity index (χ1n) is 10.0. The van der Waals surface area contributed by atoms with E-state index in [1.54, 1.807) is 0 Å². The zero-order valence-corrected chi connectivity index (χ0v) is 15.8. The fourth-order valence-electron chi connectivity index (χ4n) is 4.01. The Hall–Kier alpha value is -2.17. The zero-order chi connectivity index (χ0) is 18.5. The summed E-state index contributed by atoms with van der Waals surface area (Å²) < 4.78 is 5.49. The standard InChI is InChI=1S/C23H28N2O2/c26-23-10-12-24(16-20-11-15-27-18-20)13-14-25(23)17-19-6-8-22(9-7-19)21-4-2-1-3-5-21/h1-9,20H,10-18H2. The number of hydrogen-bond acceptors (Lipinski definition) is 3. The average Bonchev–Trinajstić information content (AvgIpc) is 3.16. The number of amides is 1. The fourth-order valence-corrected chi connectivity index (χ4v) is 4.01. The van der Waals surface area contributed by atoms with Crippen LogP contribution in [0.15, 0.2) is 54.6 Å². The lowest BCUT2D eigenvalue weighted by atomic mass is 10.0. The summed E-state index contributed by atoms with van der Waals surface area (Å²) in [5, 5.41) is 0. The maximum absolute atomic E-state index is 12.6. The Morgan fingerprint density at radius 3 is 2.44 bits per heavy atom. The molecular formula is C23H28N2O2. The Kier molecular flexibility index (Phi) is 5.85. The van der Waals surface area contributed by atoms with Crippen LogP contribution in [-0.4, -0.2) is 55.1 Å². The lowest BCUT2D eigenvalue weighted by Crippen LogP contribution is -2.34. The molecule has 1 unspecified atom stereocenters. The summed E-state index contributed by atoms with van der Waals surface area (Å²) in [6, 6.07) is 19.0. The molecule has 0 radical (unpaired) electrons. The second-order valence-electron chi connectivity index (χ2n) is 7.66. The minimum absolute atomic E-state index is 0.271. The largest absolute Gasteiger partial charge is 0.381 e. The van der Waals surface area contributed by atoms with Crippen molar-refractivity contribution in [2.45, 2.75) is 19.4 Å². The number of ether oxygens (including phenoxy) is 1. The van der Waals surface area contributed by atoms with E-state index in [-0.39, 0.29) is 5.91 Å². The molecule has 2 aliphatic rings. The van der Waals surface area contributed by atoms with Gasteiger partial charge in [-0.15, -0.1) is 0 Å². The Morgan fingerprint density at radius 1 is 0.926 bits per heavy atom. The molecule has 4 heteroatoms. The Balaban J connectivity index is 1.35. The van der Waals surface area contributed by atoms with Crippen LogP contribution in [0.3, 0.4) is 0 Å². The second-order valence-corrected chi connectivity index (χ2v) is 7.66. The Morgan fingerprint density at radius 2 is 1.70 bits per heavy atom. The van der Waals surface area contributed by atoms with Crippen LogP contribution in [0.2, 0.25) is 0 Å².